The van der Waals surface area contributed by atoms with E-state index in [1.165, 1.54) is 12.7 Å². The SMILES string of the molecule is CNc1nccn1Cc1cc(CN2CCOCC2)c2c(c1)C(=O)N(C(C)c1cc(OC)c(F)cn1)CC2. The molecule has 2 aromatic heterocycles. The van der Waals surface area contributed by atoms with E-state index in [1.54, 1.807) is 12.3 Å². The largest absolute Gasteiger partial charge is 0.494 e. The molecule has 9 nitrogen and oxygen atoms in total. The molecule has 37 heavy (non-hydrogen) atoms. The molecule has 10 heteroatoms. The van der Waals surface area contributed by atoms with Crippen molar-refractivity contribution in [2.75, 3.05) is 52.3 Å². The first-order valence-electron chi connectivity index (χ1n) is 12.6. The molecular formula is C27H33FN6O3. The first-order valence-corrected chi connectivity index (χ1v) is 12.6. The smallest absolute Gasteiger partial charge is 0.254 e. The first kappa shape index (κ1) is 25.2. The standard InChI is InChI=1S/C27H33FN6O3/c1-18(24-14-25(36-3)23(28)15-31-24)34-6-4-21-20(17-32-8-10-37-11-9-32)12-19(13-22(21)26(34)35)16-33-7-5-30-27(33)29-2/h5,7,12-15,18H,4,6,8-11,16-17H2,1-3H3,(H,29,30). The van der Waals surface area contributed by atoms with Crippen molar-refractivity contribution in [3.8, 4) is 5.75 Å². The van der Waals surface area contributed by atoms with Crippen molar-refractivity contribution in [2.45, 2.75) is 32.5 Å². The Morgan fingerprint density at radius 2 is 1.97 bits per heavy atom. The number of pyridine rings is 1. The zero-order valence-corrected chi connectivity index (χ0v) is 21.5. The quantitative estimate of drug-likeness (QED) is 0.501. The molecule has 1 atom stereocenters. The van der Waals surface area contributed by atoms with E-state index in [4.69, 9.17) is 9.47 Å². The molecule has 3 aromatic rings. The Labute approximate surface area is 216 Å². The summed E-state index contributed by atoms with van der Waals surface area (Å²) < 4.78 is 26.6. The average Bonchev–Trinajstić information content (AvgIpc) is 3.37. The van der Waals surface area contributed by atoms with Crippen LogP contribution in [0.2, 0.25) is 0 Å². The molecule has 1 aromatic carbocycles. The van der Waals surface area contributed by atoms with Gasteiger partial charge in [0.15, 0.2) is 11.6 Å². The van der Waals surface area contributed by atoms with Crippen molar-refractivity contribution in [1.82, 2.24) is 24.3 Å². The van der Waals surface area contributed by atoms with Crippen molar-refractivity contribution in [3.63, 3.8) is 0 Å². The minimum atomic E-state index is -0.522. The third kappa shape index (κ3) is 5.17. The molecule has 1 N–H and O–H groups in total. The second-order valence-corrected chi connectivity index (χ2v) is 9.47. The monoisotopic (exact) mass is 508 g/mol. The molecule has 1 unspecified atom stereocenters. The predicted octanol–water partition coefficient (Wildman–Crippen LogP) is 3.11. The van der Waals surface area contributed by atoms with E-state index in [0.29, 0.717) is 18.8 Å². The number of ether oxygens (including phenoxy) is 2. The van der Waals surface area contributed by atoms with Crippen LogP contribution in [0.4, 0.5) is 10.3 Å². The number of nitrogens with one attached hydrogen (secondary N) is 1. The van der Waals surface area contributed by atoms with Crippen molar-refractivity contribution in [2.24, 2.45) is 0 Å². The maximum absolute atomic E-state index is 13.9. The number of imidazole rings is 1. The van der Waals surface area contributed by atoms with Gasteiger partial charge in [-0.1, -0.05) is 6.07 Å². The molecule has 2 aliphatic rings. The van der Waals surface area contributed by atoms with E-state index in [2.05, 4.69) is 26.3 Å². The van der Waals surface area contributed by atoms with E-state index in [9.17, 15) is 9.18 Å². The summed E-state index contributed by atoms with van der Waals surface area (Å²) >= 11 is 0. The Bertz CT molecular complexity index is 1270. The van der Waals surface area contributed by atoms with Crippen LogP contribution in [-0.4, -0.2) is 77.2 Å². The minimum absolute atomic E-state index is 0.0385. The number of aromatic nitrogens is 3. The number of carbonyl (C=O) groups is 1. The molecule has 5 rings (SSSR count). The van der Waals surface area contributed by atoms with Gasteiger partial charge in [-0.25, -0.2) is 9.37 Å². The molecule has 0 aliphatic carbocycles. The molecule has 2 aliphatic heterocycles. The predicted molar refractivity (Wildman–Crippen MR) is 137 cm³/mol. The van der Waals surface area contributed by atoms with Gasteiger partial charge < -0.3 is 24.3 Å². The second kappa shape index (κ2) is 10.9. The van der Waals surface area contributed by atoms with Crippen LogP contribution in [0.25, 0.3) is 0 Å². The van der Waals surface area contributed by atoms with Gasteiger partial charge in [0, 0.05) is 57.3 Å². The zero-order chi connectivity index (χ0) is 25.9. The Balaban J connectivity index is 1.48. The lowest BCUT2D eigenvalue weighted by Crippen LogP contribution is -2.41. The maximum Gasteiger partial charge on any atom is 0.254 e. The number of carbonyl (C=O) groups excluding carboxylic acids is 1. The lowest BCUT2D eigenvalue weighted by atomic mass is 9.90. The highest BCUT2D eigenvalue weighted by Gasteiger charge is 2.32. The number of anilines is 1. The number of hydrogen-bond acceptors (Lipinski definition) is 7. The van der Waals surface area contributed by atoms with Gasteiger partial charge in [0.25, 0.3) is 5.91 Å². The number of fused-ring (bicyclic) bond motifs is 1. The molecule has 1 fully saturated rings. The van der Waals surface area contributed by atoms with Gasteiger partial charge >= 0.3 is 0 Å². The third-order valence-corrected chi connectivity index (χ3v) is 7.24. The Hall–Kier alpha value is -3.50. The first-order chi connectivity index (χ1) is 18.0. The van der Waals surface area contributed by atoms with Gasteiger partial charge in [-0.2, -0.15) is 0 Å². The molecule has 0 saturated carbocycles. The average molecular weight is 509 g/mol. The topological polar surface area (TPSA) is 84.8 Å². The molecule has 0 spiro atoms. The highest BCUT2D eigenvalue weighted by Crippen LogP contribution is 2.32. The summed E-state index contributed by atoms with van der Waals surface area (Å²) in [4.78, 5) is 26.7. The van der Waals surface area contributed by atoms with Crippen molar-refractivity contribution in [1.29, 1.82) is 0 Å². The van der Waals surface area contributed by atoms with E-state index < -0.39 is 5.82 Å². The number of methoxy groups -OCH3 is 1. The number of hydrogen-bond donors (Lipinski definition) is 1. The maximum atomic E-state index is 13.9. The van der Waals surface area contributed by atoms with Crippen LogP contribution < -0.4 is 10.1 Å². The van der Waals surface area contributed by atoms with Gasteiger partial charge in [0.2, 0.25) is 5.95 Å². The summed E-state index contributed by atoms with van der Waals surface area (Å²) in [5, 5.41) is 3.11. The minimum Gasteiger partial charge on any atom is -0.494 e. The molecular weight excluding hydrogens is 475 g/mol. The normalized spacial score (nSPS) is 17.0. The van der Waals surface area contributed by atoms with E-state index in [0.717, 1.165) is 68.1 Å². The third-order valence-electron chi connectivity index (χ3n) is 7.24. The molecule has 0 radical (unpaired) electrons. The highest BCUT2D eigenvalue weighted by atomic mass is 19.1. The van der Waals surface area contributed by atoms with Crippen LogP contribution in [0.15, 0.2) is 36.8 Å². The van der Waals surface area contributed by atoms with Crippen molar-refractivity contribution < 1.29 is 18.7 Å². The Kier molecular flexibility index (Phi) is 7.38. The molecule has 1 saturated heterocycles. The van der Waals surface area contributed by atoms with Gasteiger partial charge in [-0.3, -0.25) is 14.7 Å². The van der Waals surface area contributed by atoms with Gasteiger partial charge in [-0.15, -0.1) is 0 Å². The fourth-order valence-electron chi connectivity index (χ4n) is 5.22. The van der Waals surface area contributed by atoms with Crippen molar-refractivity contribution in [3.05, 3.63) is 70.6 Å². The van der Waals surface area contributed by atoms with E-state index in [1.807, 2.05) is 35.7 Å². The number of morpholine rings is 1. The van der Waals surface area contributed by atoms with Crippen LogP contribution in [0.1, 0.15) is 45.7 Å². The van der Waals surface area contributed by atoms with Crippen LogP contribution in [0.3, 0.4) is 0 Å². The summed E-state index contributed by atoms with van der Waals surface area (Å²) in [5.41, 5.74) is 4.65. The van der Waals surface area contributed by atoms with Gasteiger partial charge in [0.05, 0.1) is 44.8 Å². The van der Waals surface area contributed by atoms with Gasteiger partial charge in [0.1, 0.15) is 0 Å². The summed E-state index contributed by atoms with van der Waals surface area (Å²) in [6, 6.07) is 5.48. The van der Waals surface area contributed by atoms with Crippen LogP contribution in [0.5, 0.6) is 5.75 Å². The molecule has 4 heterocycles. The lowest BCUT2D eigenvalue weighted by Gasteiger charge is -2.35. The molecule has 196 valence electrons. The molecule has 1 amide bonds. The summed E-state index contributed by atoms with van der Waals surface area (Å²) in [7, 11) is 3.27. The summed E-state index contributed by atoms with van der Waals surface area (Å²) in [6.07, 6.45) is 5.58. The number of amides is 1. The lowest BCUT2D eigenvalue weighted by molar-refractivity contribution is 0.0339. The summed E-state index contributed by atoms with van der Waals surface area (Å²) in [6.45, 7) is 7.06. The van der Waals surface area contributed by atoms with E-state index >= 15 is 0 Å². The number of halogens is 1. The molecule has 0 bridgehead atoms. The van der Waals surface area contributed by atoms with Crippen LogP contribution in [0, 0.1) is 5.82 Å². The van der Waals surface area contributed by atoms with E-state index in [-0.39, 0.29) is 17.7 Å². The van der Waals surface area contributed by atoms with Crippen LogP contribution >= 0.6 is 0 Å². The number of benzene rings is 1. The zero-order valence-electron chi connectivity index (χ0n) is 21.5. The number of rotatable bonds is 8. The number of nitrogens with zero attached hydrogens (tertiary/aromatic N) is 5. The fraction of sp³-hybridized carbons (Fsp3) is 0.444. The van der Waals surface area contributed by atoms with Crippen molar-refractivity contribution >= 4 is 11.9 Å². The highest BCUT2D eigenvalue weighted by molar-refractivity contribution is 5.97. The Morgan fingerprint density at radius 1 is 1.16 bits per heavy atom. The fourth-order valence-corrected chi connectivity index (χ4v) is 5.22. The van der Waals surface area contributed by atoms with Gasteiger partial charge in [-0.05, 0) is 36.1 Å². The van der Waals surface area contributed by atoms with Crippen LogP contribution in [-0.2, 0) is 24.2 Å². The summed E-state index contributed by atoms with van der Waals surface area (Å²) in [5.74, 6) is 0.331. The second-order valence-electron chi connectivity index (χ2n) is 9.47. The Morgan fingerprint density at radius 3 is 2.73 bits per heavy atom.